The Hall–Kier alpha value is -3.39. The van der Waals surface area contributed by atoms with Crippen LogP contribution in [0.1, 0.15) is 11.3 Å². The topological polar surface area (TPSA) is 16.1 Å². The lowest BCUT2D eigenvalue weighted by atomic mass is 10.1. The van der Waals surface area contributed by atoms with Gasteiger partial charge in [-0.05, 0) is 54.1 Å². The van der Waals surface area contributed by atoms with E-state index in [0.717, 1.165) is 29.2 Å². The van der Waals surface area contributed by atoms with Crippen LogP contribution >= 0.6 is 0 Å². The third kappa shape index (κ3) is 3.65. The third-order valence-corrected chi connectivity index (χ3v) is 4.33. The van der Waals surface area contributed by atoms with Crippen molar-refractivity contribution in [1.29, 1.82) is 0 Å². The molecule has 0 aliphatic rings. The molecule has 0 atom stereocenters. The van der Waals surface area contributed by atoms with Crippen molar-refractivity contribution in [2.75, 3.05) is 4.90 Å². The molecule has 0 bridgehead atoms. The molecule has 0 N–H and O–H groups in total. The Morgan fingerprint density at radius 1 is 0.538 bits per heavy atom. The van der Waals surface area contributed by atoms with E-state index in [1.165, 1.54) is 5.56 Å². The Kier molecular flexibility index (Phi) is 4.74. The quantitative estimate of drug-likeness (QED) is 0.435. The molecule has 4 rings (SSSR count). The van der Waals surface area contributed by atoms with Crippen molar-refractivity contribution in [1.82, 2.24) is 4.98 Å². The van der Waals surface area contributed by atoms with E-state index >= 15 is 0 Å². The maximum atomic E-state index is 4.42. The summed E-state index contributed by atoms with van der Waals surface area (Å²) in [5.41, 5.74) is 5.79. The van der Waals surface area contributed by atoms with Crippen molar-refractivity contribution < 1.29 is 0 Å². The van der Waals surface area contributed by atoms with Crippen LogP contribution in [0.25, 0.3) is 0 Å². The van der Waals surface area contributed by atoms with Crippen LogP contribution < -0.4 is 4.90 Å². The van der Waals surface area contributed by atoms with Gasteiger partial charge in [0.1, 0.15) is 0 Å². The summed E-state index contributed by atoms with van der Waals surface area (Å²) >= 11 is 0. The van der Waals surface area contributed by atoms with Crippen LogP contribution in [0.3, 0.4) is 0 Å². The summed E-state index contributed by atoms with van der Waals surface area (Å²) in [5.74, 6) is 0. The summed E-state index contributed by atoms with van der Waals surface area (Å²) < 4.78 is 0. The molecule has 0 aliphatic carbocycles. The highest BCUT2D eigenvalue weighted by molar-refractivity contribution is 5.76. The highest BCUT2D eigenvalue weighted by Gasteiger charge is 2.11. The monoisotopic (exact) mass is 336 g/mol. The van der Waals surface area contributed by atoms with E-state index in [2.05, 4.69) is 88.7 Å². The van der Waals surface area contributed by atoms with Gasteiger partial charge < -0.3 is 4.90 Å². The van der Waals surface area contributed by atoms with Gasteiger partial charge in [0, 0.05) is 35.4 Å². The zero-order valence-electron chi connectivity index (χ0n) is 14.5. The molecule has 0 saturated carbocycles. The number of hydrogen-bond acceptors (Lipinski definition) is 2. The SMILES string of the molecule is c1ccc(N(c2ccccc2)c2ccc(Cc3ccccn3)cc2)cc1. The number of benzene rings is 3. The Morgan fingerprint density at radius 3 is 1.62 bits per heavy atom. The predicted octanol–water partition coefficient (Wildman–Crippen LogP) is 6.14. The van der Waals surface area contributed by atoms with Crippen LogP contribution in [-0.4, -0.2) is 4.98 Å². The van der Waals surface area contributed by atoms with E-state index in [4.69, 9.17) is 0 Å². The summed E-state index contributed by atoms with van der Waals surface area (Å²) in [6, 6.07) is 35.7. The van der Waals surface area contributed by atoms with Gasteiger partial charge in [-0.15, -0.1) is 0 Å². The van der Waals surface area contributed by atoms with E-state index in [1.807, 2.05) is 30.5 Å². The zero-order valence-corrected chi connectivity index (χ0v) is 14.5. The highest BCUT2D eigenvalue weighted by atomic mass is 15.1. The van der Waals surface area contributed by atoms with Gasteiger partial charge in [-0.3, -0.25) is 4.98 Å². The molecule has 0 fully saturated rings. The minimum atomic E-state index is 0.845. The van der Waals surface area contributed by atoms with Crippen LogP contribution in [0.5, 0.6) is 0 Å². The lowest BCUT2D eigenvalue weighted by molar-refractivity contribution is 1.07. The molecule has 0 saturated heterocycles. The van der Waals surface area contributed by atoms with Crippen LogP contribution in [0, 0.1) is 0 Å². The highest BCUT2D eigenvalue weighted by Crippen LogP contribution is 2.34. The summed E-state index contributed by atoms with van der Waals surface area (Å²) in [4.78, 5) is 6.68. The minimum Gasteiger partial charge on any atom is -0.311 e. The molecule has 0 amide bonds. The van der Waals surface area contributed by atoms with E-state index in [0.29, 0.717) is 0 Å². The van der Waals surface area contributed by atoms with Gasteiger partial charge >= 0.3 is 0 Å². The van der Waals surface area contributed by atoms with Crippen LogP contribution in [-0.2, 0) is 6.42 Å². The fourth-order valence-electron chi connectivity index (χ4n) is 3.08. The Labute approximate surface area is 154 Å². The van der Waals surface area contributed by atoms with Gasteiger partial charge in [-0.1, -0.05) is 54.6 Å². The standard InChI is InChI=1S/C24H20N2/c1-3-10-22(11-4-1)26(23-12-5-2-6-13-23)24-16-14-20(15-17-24)19-21-9-7-8-18-25-21/h1-18H,19H2. The second-order valence-corrected chi connectivity index (χ2v) is 6.17. The number of para-hydroxylation sites is 2. The van der Waals surface area contributed by atoms with Gasteiger partial charge in [0.05, 0.1) is 0 Å². The number of aromatic nitrogens is 1. The Bertz CT molecular complexity index is 894. The van der Waals surface area contributed by atoms with Gasteiger partial charge in [-0.25, -0.2) is 0 Å². The van der Waals surface area contributed by atoms with Crippen molar-refractivity contribution in [2.45, 2.75) is 6.42 Å². The molecule has 4 aromatic rings. The first-order chi connectivity index (χ1) is 12.9. The van der Waals surface area contributed by atoms with Crippen molar-refractivity contribution >= 4 is 17.1 Å². The van der Waals surface area contributed by atoms with Gasteiger partial charge in [0.15, 0.2) is 0 Å². The predicted molar refractivity (Wildman–Crippen MR) is 108 cm³/mol. The zero-order chi connectivity index (χ0) is 17.6. The molecule has 0 aliphatic heterocycles. The summed E-state index contributed by atoms with van der Waals surface area (Å²) in [6.45, 7) is 0. The first-order valence-electron chi connectivity index (χ1n) is 8.79. The molecule has 1 aromatic heterocycles. The fraction of sp³-hybridized carbons (Fsp3) is 0.0417. The average molecular weight is 336 g/mol. The fourth-order valence-corrected chi connectivity index (χ4v) is 3.08. The molecule has 2 nitrogen and oxygen atoms in total. The van der Waals surface area contributed by atoms with Crippen molar-refractivity contribution in [3.05, 3.63) is 121 Å². The number of pyridine rings is 1. The first-order valence-corrected chi connectivity index (χ1v) is 8.79. The second-order valence-electron chi connectivity index (χ2n) is 6.17. The average Bonchev–Trinajstić information content (AvgIpc) is 2.72. The van der Waals surface area contributed by atoms with Crippen LogP contribution in [0.4, 0.5) is 17.1 Å². The van der Waals surface area contributed by atoms with Crippen molar-refractivity contribution in [3.8, 4) is 0 Å². The molecular formula is C24H20N2. The molecule has 0 spiro atoms. The summed E-state index contributed by atoms with van der Waals surface area (Å²) in [7, 11) is 0. The number of rotatable bonds is 5. The number of anilines is 3. The minimum absolute atomic E-state index is 0.845. The third-order valence-electron chi connectivity index (χ3n) is 4.33. The lowest BCUT2D eigenvalue weighted by Gasteiger charge is -2.25. The number of hydrogen-bond donors (Lipinski definition) is 0. The van der Waals surface area contributed by atoms with E-state index in [-0.39, 0.29) is 0 Å². The molecule has 1 heterocycles. The molecule has 26 heavy (non-hydrogen) atoms. The molecule has 126 valence electrons. The molecule has 2 heteroatoms. The normalized spacial score (nSPS) is 10.5. The van der Waals surface area contributed by atoms with Gasteiger partial charge in [-0.2, -0.15) is 0 Å². The molecule has 0 radical (unpaired) electrons. The van der Waals surface area contributed by atoms with Gasteiger partial charge in [0.25, 0.3) is 0 Å². The number of nitrogens with zero attached hydrogens (tertiary/aromatic N) is 2. The second kappa shape index (κ2) is 7.66. The maximum Gasteiger partial charge on any atom is 0.0461 e. The van der Waals surface area contributed by atoms with Crippen LogP contribution in [0.15, 0.2) is 109 Å². The Balaban J connectivity index is 1.66. The van der Waals surface area contributed by atoms with Crippen LogP contribution in [0.2, 0.25) is 0 Å². The lowest BCUT2D eigenvalue weighted by Crippen LogP contribution is -2.09. The summed E-state index contributed by atoms with van der Waals surface area (Å²) in [6.07, 6.45) is 2.69. The molecule has 0 unspecified atom stereocenters. The van der Waals surface area contributed by atoms with Gasteiger partial charge in [0.2, 0.25) is 0 Å². The van der Waals surface area contributed by atoms with E-state index in [9.17, 15) is 0 Å². The first kappa shape index (κ1) is 16.1. The maximum absolute atomic E-state index is 4.42. The van der Waals surface area contributed by atoms with Crippen molar-refractivity contribution in [2.24, 2.45) is 0 Å². The Morgan fingerprint density at radius 2 is 1.08 bits per heavy atom. The largest absolute Gasteiger partial charge is 0.311 e. The van der Waals surface area contributed by atoms with Crippen molar-refractivity contribution in [3.63, 3.8) is 0 Å². The molecular weight excluding hydrogens is 316 g/mol. The van der Waals surface area contributed by atoms with E-state index < -0.39 is 0 Å². The molecule has 3 aromatic carbocycles. The smallest absolute Gasteiger partial charge is 0.0461 e. The summed E-state index contributed by atoms with van der Waals surface area (Å²) in [5, 5.41) is 0. The van der Waals surface area contributed by atoms with E-state index in [1.54, 1.807) is 0 Å².